The van der Waals surface area contributed by atoms with E-state index in [0.717, 1.165) is 36.0 Å². The van der Waals surface area contributed by atoms with Gasteiger partial charge in [-0.05, 0) is 71.9 Å². The van der Waals surface area contributed by atoms with E-state index in [0.29, 0.717) is 11.5 Å². The zero-order chi connectivity index (χ0) is 25.2. The summed E-state index contributed by atoms with van der Waals surface area (Å²) in [5.41, 5.74) is 2.24. The van der Waals surface area contributed by atoms with Crippen LogP contribution in [0.3, 0.4) is 0 Å². The maximum Gasteiger partial charge on any atom is 0.410 e. The second-order valence-electron chi connectivity index (χ2n) is 9.27. The van der Waals surface area contributed by atoms with Crippen LogP contribution in [-0.2, 0) is 4.74 Å². The Morgan fingerprint density at radius 3 is 2.52 bits per heavy atom. The summed E-state index contributed by atoms with van der Waals surface area (Å²) in [4.78, 5) is 28.1. The quantitative estimate of drug-likeness (QED) is 0.357. The van der Waals surface area contributed by atoms with Crippen LogP contribution < -0.4 is 0 Å². The van der Waals surface area contributed by atoms with Crippen molar-refractivity contribution in [3.05, 3.63) is 45.6 Å². The number of rotatable bonds is 3. The Kier molecular flexibility index (Phi) is 11.3. The number of aromatic nitrogens is 1. The van der Waals surface area contributed by atoms with Gasteiger partial charge in [0, 0.05) is 24.0 Å². The summed E-state index contributed by atoms with van der Waals surface area (Å²) in [6.45, 7) is 17.4. The minimum atomic E-state index is -0.399. The molecule has 7 heteroatoms. The number of aryl methyl sites for hydroxylation is 2. The summed E-state index contributed by atoms with van der Waals surface area (Å²) in [7, 11) is 0. The Morgan fingerprint density at radius 1 is 1.27 bits per heavy atom. The number of hydrogen-bond donors (Lipinski definition) is 0. The van der Waals surface area contributed by atoms with Gasteiger partial charge >= 0.3 is 6.09 Å². The molecule has 1 aromatic carbocycles. The number of nitro groups is 1. The molecule has 0 aliphatic carbocycles. The number of piperidine rings is 1. The van der Waals surface area contributed by atoms with E-state index in [1.165, 1.54) is 25.5 Å². The van der Waals surface area contributed by atoms with Gasteiger partial charge in [0.15, 0.2) is 0 Å². The van der Waals surface area contributed by atoms with E-state index < -0.39 is 4.92 Å². The number of carbonyl (C=O) groups excluding carboxylic acids is 1. The van der Waals surface area contributed by atoms with Crippen molar-refractivity contribution in [1.29, 1.82) is 0 Å². The second kappa shape index (κ2) is 13.1. The number of pyridine rings is 1. The molecule has 7 nitrogen and oxygen atoms in total. The van der Waals surface area contributed by atoms with Gasteiger partial charge in [-0.1, -0.05) is 38.8 Å². The van der Waals surface area contributed by atoms with Crippen molar-refractivity contribution < 1.29 is 14.5 Å². The monoisotopic (exact) mass is 459 g/mol. The molecule has 1 saturated heterocycles. The van der Waals surface area contributed by atoms with Gasteiger partial charge in [0.2, 0.25) is 0 Å². The zero-order valence-corrected chi connectivity index (χ0v) is 21.6. The van der Waals surface area contributed by atoms with Crippen LogP contribution in [0.1, 0.15) is 78.4 Å². The van der Waals surface area contributed by atoms with Gasteiger partial charge < -0.3 is 9.64 Å². The van der Waals surface area contributed by atoms with E-state index in [1.54, 1.807) is 6.92 Å². The fraction of sp³-hybridized carbons (Fsp3) is 0.615. The topological polar surface area (TPSA) is 85.6 Å². The van der Waals surface area contributed by atoms with Gasteiger partial charge in [-0.2, -0.15) is 0 Å². The molecular formula is C26H41N3O4. The van der Waals surface area contributed by atoms with Crippen molar-refractivity contribution in [2.24, 2.45) is 5.92 Å². The number of benzene rings is 1. The third-order valence-electron chi connectivity index (χ3n) is 5.33. The molecule has 2 aromatic rings. The highest BCUT2D eigenvalue weighted by Crippen LogP contribution is 2.25. The molecule has 0 saturated carbocycles. The Labute approximate surface area is 198 Å². The third kappa shape index (κ3) is 8.98. The molecule has 0 radical (unpaired) electrons. The lowest BCUT2D eigenvalue weighted by molar-refractivity contribution is -0.385. The highest BCUT2D eigenvalue weighted by atomic mass is 16.6. The molecule has 1 aliphatic heterocycles. The summed E-state index contributed by atoms with van der Waals surface area (Å²) in [5, 5.41) is 11.6. The zero-order valence-electron chi connectivity index (χ0n) is 21.6. The highest BCUT2D eigenvalue weighted by Gasteiger charge is 2.27. The lowest BCUT2D eigenvalue weighted by Gasteiger charge is -2.34. The summed E-state index contributed by atoms with van der Waals surface area (Å²) >= 11 is 0. The van der Waals surface area contributed by atoms with E-state index in [4.69, 9.17) is 4.74 Å². The van der Waals surface area contributed by atoms with Crippen molar-refractivity contribution in [3.63, 3.8) is 0 Å². The highest BCUT2D eigenvalue weighted by molar-refractivity contribution is 5.85. The van der Waals surface area contributed by atoms with Gasteiger partial charge in [-0.15, -0.1) is 0 Å². The predicted octanol–water partition coefficient (Wildman–Crippen LogP) is 7.22. The number of amides is 1. The minimum Gasteiger partial charge on any atom is -0.444 e. The summed E-state index contributed by atoms with van der Waals surface area (Å²) in [5.74, 6) is 0.672. The van der Waals surface area contributed by atoms with Crippen molar-refractivity contribution in [2.45, 2.75) is 86.7 Å². The molecule has 1 atom stereocenters. The normalized spacial score (nSPS) is 15.6. The Bertz CT molecular complexity index is 920. The average Bonchev–Trinajstić information content (AvgIpc) is 2.75. The van der Waals surface area contributed by atoms with Crippen LogP contribution in [0, 0.1) is 29.9 Å². The molecule has 1 aromatic heterocycles. The van der Waals surface area contributed by atoms with Crippen LogP contribution in [0.4, 0.5) is 10.5 Å². The molecule has 0 unspecified atom stereocenters. The maximum absolute atomic E-state index is 11.9. The Balaban J connectivity index is 0.000000307. The minimum absolute atomic E-state index is 0.0769. The molecular weight excluding hydrogens is 418 g/mol. The number of likely N-dealkylation sites (tertiary alicyclic amines) is 1. The fourth-order valence-corrected chi connectivity index (χ4v) is 3.81. The largest absolute Gasteiger partial charge is 0.444 e. The molecule has 0 spiro atoms. The third-order valence-corrected chi connectivity index (χ3v) is 5.33. The van der Waals surface area contributed by atoms with Gasteiger partial charge in [-0.3, -0.25) is 10.1 Å². The summed E-state index contributed by atoms with van der Waals surface area (Å²) < 4.78 is 5.39. The first-order chi connectivity index (χ1) is 15.5. The molecule has 1 amide bonds. The number of carbonyl (C=O) groups is 1. The number of ether oxygens (including phenoxy) is 1. The van der Waals surface area contributed by atoms with Crippen LogP contribution in [0.25, 0.3) is 10.9 Å². The van der Waals surface area contributed by atoms with Gasteiger partial charge in [0.1, 0.15) is 11.8 Å². The molecule has 1 fully saturated rings. The van der Waals surface area contributed by atoms with E-state index >= 15 is 0 Å². The van der Waals surface area contributed by atoms with Crippen molar-refractivity contribution in [2.75, 3.05) is 13.1 Å². The van der Waals surface area contributed by atoms with E-state index in [2.05, 4.69) is 11.9 Å². The fourth-order valence-electron chi connectivity index (χ4n) is 3.81. The Hall–Kier alpha value is -2.70. The molecule has 3 rings (SSSR count). The molecule has 1 aliphatic rings. The maximum atomic E-state index is 11.9. The number of fused-ring (bicyclic) bond motifs is 1. The SMILES string of the molecule is CC.CCC[C@H]1CCCN(C(=O)OC(C)(C)C)C1.Cc1ccc2ncc([N+](=O)[O-])c(C)c2c1. The van der Waals surface area contributed by atoms with Crippen molar-refractivity contribution in [3.8, 4) is 0 Å². The van der Waals surface area contributed by atoms with Gasteiger partial charge in [0.25, 0.3) is 5.69 Å². The lowest BCUT2D eigenvalue weighted by atomic mass is 9.94. The van der Waals surface area contributed by atoms with Crippen LogP contribution in [0.5, 0.6) is 0 Å². The van der Waals surface area contributed by atoms with Crippen molar-refractivity contribution >= 4 is 22.7 Å². The van der Waals surface area contributed by atoms with Crippen LogP contribution in [-0.4, -0.2) is 39.6 Å². The van der Waals surface area contributed by atoms with Crippen molar-refractivity contribution in [1.82, 2.24) is 9.88 Å². The Morgan fingerprint density at radius 2 is 1.94 bits per heavy atom. The molecule has 33 heavy (non-hydrogen) atoms. The standard InChI is InChI=1S/C13H25NO2.C11H10N2O2.C2H6/c1-5-7-11-8-6-9-14(10-11)12(15)16-13(2,3)4;1-7-3-4-10-9(5-7)8(2)11(6-12-10)13(14)15;1-2/h11H,5-10H2,1-4H3;3-6H,1-2H3;1-2H3/t11-;;/m0../s1. The first kappa shape index (κ1) is 28.3. The molecule has 0 N–H and O–H groups in total. The van der Waals surface area contributed by atoms with Gasteiger partial charge in [-0.25, -0.2) is 9.78 Å². The van der Waals surface area contributed by atoms with Crippen LogP contribution in [0.2, 0.25) is 0 Å². The van der Waals surface area contributed by atoms with Gasteiger partial charge in [0.05, 0.1) is 10.4 Å². The number of hydrogen-bond acceptors (Lipinski definition) is 5. The first-order valence-corrected chi connectivity index (χ1v) is 12.0. The molecule has 2 heterocycles. The van der Waals surface area contributed by atoms with E-state index in [9.17, 15) is 14.9 Å². The first-order valence-electron chi connectivity index (χ1n) is 12.0. The smallest absolute Gasteiger partial charge is 0.410 e. The average molecular weight is 460 g/mol. The summed E-state index contributed by atoms with van der Waals surface area (Å²) in [6.07, 6.45) is 5.96. The van der Waals surface area contributed by atoms with E-state index in [-0.39, 0.29) is 17.4 Å². The second-order valence-corrected chi connectivity index (χ2v) is 9.27. The molecule has 184 valence electrons. The van der Waals surface area contributed by atoms with Crippen LogP contribution in [0.15, 0.2) is 24.4 Å². The lowest BCUT2D eigenvalue weighted by Crippen LogP contribution is -2.42. The summed E-state index contributed by atoms with van der Waals surface area (Å²) in [6, 6.07) is 5.74. The van der Waals surface area contributed by atoms with Crippen LogP contribution >= 0.6 is 0 Å². The molecule has 0 bridgehead atoms. The van der Waals surface area contributed by atoms with E-state index in [1.807, 2.05) is 64.6 Å². The predicted molar refractivity (Wildman–Crippen MR) is 135 cm³/mol. The number of nitrogens with zero attached hydrogens (tertiary/aromatic N) is 3.